The molecule has 1 aromatic carbocycles. The van der Waals surface area contributed by atoms with Gasteiger partial charge in [-0.05, 0) is 44.0 Å². The van der Waals surface area contributed by atoms with Gasteiger partial charge in [-0.15, -0.1) is 0 Å². The number of ether oxygens (including phenoxy) is 1. The molecule has 0 radical (unpaired) electrons. The molecule has 0 saturated carbocycles. The van der Waals surface area contributed by atoms with Crippen LogP contribution in [0.25, 0.3) is 0 Å². The molecule has 0 amide bonds. The molecule has 0 bridgehead atoms. The fourth-order valence-corrected chi connectivity index (χ4v) is 1.08. The van der Waals surface area contributed by atoms with Gasteiger partial charge in [-0.1, -0.05) is 18.0 Å². The second-order valence-electron chi connectivity index (χ2n) is 3.45. The van der Waals surface area contributed by atoms with Crippen molar-refractivity contribution in [1.82, 2.24) is 4.72 Å². The summed E-state index contributed by atoms with van der Waals surface area (Å²) in [5.41, 5.74) is 2.93. The zero-order chi connectivity index (χ0) is 14.0. The van der Waals surface area contributed by atoms with Crippen LogP contribution < -0.4 is 4.72 Å². The van der Waals surface area contributed by atoms with E-state index in [0.29, 0.717) is 12.2 Å². The molecule has 18 heavy (non-hydrogen) atoms. The fourth-order valence-electron chi connectivity index (χ4n) is 1.08. The van der Waals surface area contributed by atoms with E-state index in [1.54, 1.807) is 24.9 Å². The number of hydrogen-bond donors (Lipinski definition) is 2. The highest BCUT2D eigenvalue weighted by atomic mass is 32.2. The molecular formula is C13H21NO3S. The number of aliphatic hydroxyl groups is 1. The maximum absolute atomic E-state index is 11.3. The summed E-state index contributed by atoms with van der Waals surface area (Å²) in [5.74, 6) is 0.922. The van der Waals surface area contributed by atoms with Gasteiger partial charge in [0, 0.05) is 7.11 Å². The summed E-state index contributed by atoms with van der Waals surface area (Å²) in [4.78, 5) is 11.3. The van der Waals surface area contributed by atoms with Crippen molar-refractivity contribution in [3.63, 3.8) is 0 Å². The maximum Gasteiger partial charge on any atom is 0.338 e. The van der Waals surface area contributed by atoms with Crippen molar-refractivity contribution in [2.75, 3.05) is 19.6 Å². The molecule has 0 aliphatic carbocycles. The van der Waals surface area contributed by atoms with Crippen LogP contribution in [0.3, 0.4) is 0 Å². The quantitative estimate of drug-likeness (QED) is 0.491. The topological polar surface area (TPSA) is 68.5 Å². The van der Waals surface area contributed by atoms with Gasteiger partial charge in [0.2, 0.25) is 0 Å². The average Bonchev–Trinajstić information content (AvgIpc) is 3.23. The van der Waals surface area contributed by atoms with Crippen molar-refractivity contribution in [2.24, 2.45) is 0 Å². The Morgan fingerprint density at radius 3 is 2.33 bits per heavy atom. The molecule has 0 unspecified atom stereocenters. The van der Waals surface area contributed by atoms with Crippen LogP contribution in [-0.2, 0) is 4.74 Å². The minimum Gasteiger partial charge on any atom is -0.462 e. The third-order valence-corrected chi connectivity index (χ3v) is 2.45. The lowest BCUT2D eigenvalue weighted by Crippen LogP contribution is -2.04. The third-order valence-electron chi connectivity index (χ3n) is 2.16. The zero-order valence-corrected chi connectivity index (χ0v) is 12.1. The van der Waals surface area contributed by atoms with Gasteiger partial charge in [0.1, 0.15) is 0 Å². The SMILES string of the molecule is C1NS1.CCOC(=O)c1ccc(C)c(C)c1.CO. The Kier molecular flexibility index (Phi) is 9.36. The first kappa shape index (κ1) is 17.0. The van der Waals surface area contributed by atoms with E-state index >= 15 is 0 Å². The Balaban J connectivity index is 0.000000487. The van der Waals surface area contributed by atoms with Crippen molar-refractivity contribution < 1.29 is 14.6 Å². The third kappa shape index (κ3) is 7.32. The summed E-state index contributed by atoms with van der Waals surface area (Å²) in [7, 11) is 1.00. The van der Waals surface area contributed by atoms with E-state index in [1.165, 1.54) is 11.4 Å². The van der Waals surface area contributed by atoms with Gasteiger partial charge in [-0.3, -0.25) is 4.72 Å². The van der Waals surface area contributed by atoms with Gasteiger partial charge in [-0.2, -0.15) is 0 Å². The molecule has 1 fully saturated rings. The van der Waals surface area contributed by atoms with Crippen LogP contribution in [-0.4, -0.2) is 30.7 Å². The molecule has 1 aliphatic heterocycles. The summed E-state index contributed by atoms with van der Waals surface area (Å²) in [5, 5.41) is 7.00. The molecule has 5 heteroatoms. The number of rotatable bonds is 2. The van der Waals surface area contributed by atoms with Gasteiger partial charge in [0.05, 0.1) is 18.0 Å². The van der Waals surface area contributed by atoms with E-state index in [9.17, 15) is 4.79 Å². The molecule has 0 aromatic heterocycles. The number of hydrogen-bond acceptors (Lipinski definition) is 5. The molecule has 0 atom stereocenters. The van der Waals surface area contributed by atoms with Crippen LogP contribution in [0.15, 0.2) is 18.2 Å². The predicted octanol–water partition coefficient (Wildman–Crippen LogP) is 2.28. The van der Waals surface area contributed by atoms with E-state index in [2.05, 4.69) is 4.72 Å². The van der Waals surface area contributed by atoms with Gasteiger partial charge < -0.3 is 9.84 Å². The fraction of sp³-hybridized carbons (Fsp3) is 0.462. The van der Waals surface area contributed by atoms with E-state index in [0.717, 1.165) is 12.7 Å². The first-order chi connectivity index (χ1) is 8.65. The minimum atomic E-state index is -0.245. The molecule has 2 rings (SSSR count). The number of carbonyl (C=O) groups excluding carboxylic acids is 1. The van der Waals surface area contributed by atoms with Crippen LogP contribution in [0.2, 0.25) is 0 Å². The van der Waals surface area contributed by atoms with Crippen molar-refractivity contribution in [3.05, 3.63) is 34.9 Å². The molecule has 4 nitrogen and oxygen atoms in total. The van der Waals surface area contributed by atoms with Crippen molar-refractivity contribution in [1.29, 1.82) is 0 Å². The van der Waals surface area contributed by atoms with Gasteiger partial charge in [0.15, 0.2) is 0 Å². The molecular weight excluding hydrogens is 250 g/mol. The lowest BCUT2D eigenvalue weighted by molar-refractivity contribution is 0.0526. The smallest absolute Gasteiger partial charge is 0.338 e. The first-order valence-electron chi connectivity index (χ1n) is 5.69. The Labute approximate surface area is 113 Å². The van der Waals surface area contributed by atoms with E-state index in [-0.39, 0.29) is 5.97 Å². The summed E-state index contributed by atoms with van der Waals surface area (Å²) < 4.78 is 7.80. The van der Waals surface area contributed by atoms with Crippen molar-refractivity contribution >= 4 is 17.9 Å². The number of nitrogens with one attached hydrogen (secondary N) is 1. The highest BCUT2D eigenvalue weighted by molar-refractivity contribution is 8.03. The summed E-state index contributed by atoms with van der Waals surface area (Å²) in [6, 6.07) is 5.58. The van der Waals surface area contributed by atoms with Gasteiger partial charge in [0.25, 0.3) is 0 Å². The second kappa shape index (κ2) is 9.94. The standard InChI is InChI=1S/C11H14O2.CH3NS.CH4O/c1-4-13-11(12)10-6-5-8(2)9(3)7-10;1-2-3-1;1-2/h5-7H,4H2,1-3H3;2H,1H2;2H,1H3. The minimum absolute atomic E-state index is 0.245. The van der Waals surface area contributed by atoms with Crippen LogP contribution in [0, 0.1) is 13.8 Å². The van der Waals surface area contributed by atoms with Crippen LogP contribution in [0.5, 0.6) is 0 Å². The summed E-state index contributed by atoms with van der Waals surface area (Å²) >= 11 is 1.75. The number of benzene rings is 1. The van der Waals surface area contributed by atoms with Crippen LogP contribution in [0.4, 0.5) is 0 Å². The first-order valence-corrected chi connectivity index (χ1v) is 6.67. The van der Waals surface area contributed by atoms with Gasteiger partial charge >= 0.3 is 5.97 Å². The van der Waals surface area contributed by atoms with Crippen molar-refractivity contribution in [2.45, 2.75) is 20.8 Å². The lowest BCUT2D eigenvalue weighted by atomic mass is 10.1. The van der Waals surface area contributed by atoms with Crippen LogP contribution in [0.1, 0.15) is 28.4 Å². The van der Waals surface area contributed by atoms with E-state index in [1.807, 2.05) is 26.0 Å². The molecule has 2 N–H and O–H groups in total. The zero-order valence-electron chi connectivity index (χ0n) is 11.3. The Hall–Kier alpha value is -1.04. The van der Waals surface area contributed by atoms with E-state index < -0.39 is 0 Å². The number of esters is 1. The normalized spacial score (nSPS) is 11.4. The lowest BCUT2D eigenvalue weighted by Gasteiger charge is -2.04. The Morgan fingerprint density at radius 2 is 1.94 bits per heavy atom. The number of carbonyl (C=O) groups is 1. The molecule has 102 valence electrons. The predicted molar refractivity (Wildman–Crippen MR) is 75.6 cm³/mol. The largest absolute Gasteiger partial charge is 0.462 e. The molecule has 0 spiro atoms. The van der Waals surface area contributed by atoms with Crippen molar-refractivity contribution in [3.8, 4) is 0 Å². The Bertz CT molecular complexity index is 364. The molecule has 1 aliphatic rings. The number of aliphatic hydroxyl groups excluding tert-OH is 1. The number of aryl methyl sites for hydroxylation is 2. The van der Waals surface area contributed by atoms with Crippen LogP contribution >= 0.6 is 11.9 Å². The van der Waals surface area contributed by atoms with E-state index in [4.69, 9.17) is 9.84 Å². The summed E-state index contributed by atoms with van der Waals surface area (Å²) in [6.07, 6.45) is 0. The average molecular weight is 271 g/mol. The molecule has 1 heterocycles. The highest BCUT2D eigenvalue weighted by Crippen LogP contribution is 2.10. The Morgan fingerprint density at radius 1 is 1.39 bits per heavy atom. The monoisotopic (exact) mass is 271 g/mol. The maximum atomic E-state index is 11.3. The molecule has 1 saturated heterocycles. The second-order valence-corrected chi connectivity index (χ2v) is 4.32. The molecule has 1 aromatic rings. The van der Waals surface area contributed by atoms with Gasteiger partial charge in [-0.25, -0.2) is 4.79 Å². The highest BCUT2D eigenvalue weighted by Gasteiger charge is 2.06. The summed E-state index contributed by atoms with van der Waals surface area (Å²) in [6.45, 7) is 6.23.